The van der Waals surface area contributed by atoms with Crippen LogP contribution in [-0.2, 0) is 6.42 Å². The largest absolute Gasteiger partial charge is 0.368 e. The second-order valence-corrected chi connectivity index (χ2v) is 7.35. The lowest BCUT2D eigenvalue weighted by Crippen LogP contribution is -2.36. The van der Waals surface area contributed by atoms with Gasteiger partial charge < -0.3 is 10.6 Å². The smallest absolute Gasteiger partial charge is 0.0459 e. The maximum absolute atomic E-state index is 6.48. The molecule has 1 atom stereocenters. The number of hydrogen-bond acceptors (Lipinski definition) is 2. The lowest BCUT2D eigenvalue weighted by molar-refractivity contribution is 0.536. The molecule has 1 saturated carbocycles. The van der Waals surface area contributed by atoms with Crippen molar-refractivity contribution in [2.24, 2.45) is 11.7 Å². The summed E-state index contributed by atoms with van der Waals surface area (Å²) in [5.74, 6) is 0.660. The molecule has 1 aliphatic rings. The van der Waals surface area contributed by atoms with Gasteiger partial charge >= 0.3 is 0 Å². The van der Waals surface area contributed by atoms with Crippen LogP contribution in [0.4, 0.5) is 5.69 Å². The lowest BCUT2D eigenvalue weighted by atomic mass is 10.0. The zero-order valence-electron chi connectivity index (χ0n) is 13.6. The Labute approximate surface area is 134 Å². The maximum Gasteiger partial charge on any atom is 0.0459 e. The third kappa shape index (κ3) is 4.62. The molecule has 0 bridgehead atoms. The molecule has 2 nitrogen and oxygen atoms in total. The minimum Gasteiger partial charge on any atom is -0.368 e. The summed E-state index contributed by atoms with van der Waals surface area (Å²) in [7, 11) is 0. The summed E-state index contributed by atoms with van der Waals surface area (Å²) >= 11 is 6.48. The Balaban J connectivity index is 2.21. The molecule has 0 saturated heterocycles. The fourth-order valence-electron chi connectivity index (χ4n) is 3.30. The van der Waals surface area contributed by atoms with Crippen LogP contribution >= 0.6 is 11.6 Å². The minimum absolute atomic E-state index is 0.148. The zero-order valence-corrected chi connectivity index (χ0v) is 14.4. The van der Waals surface area contributed by atoms with Crippen molar-refractivity contribution >= 4 is 17.3 Å². The van der Waals surface area contributed by atoms with E-state index in [-0.39, 0.29) is 6.04 Å². The Morgan fingerprint density at radius 3 is 2.43 bits per heavy atom. The lowest BCUT2D eigenvalue weighted by Gasteiger charge is -2.33. The molecule has 0 aromatic heterocycles. The summed E-state index contributed by atoms with van der Waals surface area (Å²) in [5.41, 5.74) is 8.32. The van der Waals surface area contributed by atoms with Crippen molar-refractivity contribution in [2.45, 2.75) is 65.0 Å². The first-order valence-corrected chi connectivity index (χ1v) is 8.65. The Hall–Kier alpha value is -0.730. The topological polar surface area (TPSA) is 29.3 Å². The first kappa shape index (κ1) is 16.6. The van der Waals surface area contributed by atoms with Gasteiger partial charge in [0.05, 0.1) is 0 Å². The first-order valence-electron chi connectivity index (χ1n) is 8.28. The normalized spacial score (nSPS) is 17.4. The van der Waals surface area contributed by atoms with E-state index in [9.17, 15) is 0 Å². The predicted molar refractivity (Wildman–Crippen MR) is 93.2 cm³/mol. The number of nitrogens with zero attached hydrogens (tertiary/aromatic N) is 1. The number of nitrogens with two attached hydrogens (primary N) is 1. The third-order valence-corrected chi connectivity index (χ3v) is 4.59. The summed E-state index contributed by atoms with van der Waals surface area (Å²) in [5, 5.41) is 0.858. The summed E-state index contributed by atoms with van der Waals surface area (Å²) in [4.78, 5) is 2.57. The van der Waals surface area contributed by atoms with Crippen LogP contribution in [0.5, 0.6) is 0 Å². The molecule has 21 heavy (non-hydrogen) atoms. The number of anilines is 1. The predicted octanol–water partition coefficient (Wildman–Crippen LogP) is 4.63. The van der Waals surface area contributed by atoms with E-state index < -0.39 is 0 Å². The molecular weight excluding hydrogens is 280 g/mol. The maximum atomic E-state index is 6.48. The van der Waals surface area contributed by atoms with Gasteiger partial charge in [0.1, 0.15) is 0 Å². The van der Waals surface area contributed by atoms with E-state index in [0.717, 1.165) is 23.6 Å². The van der Waals surface area contributed by atoms with Gasteiger partial charge in [0.15, 0.2) is 0 Å². The van der Waals surface area contributed by atoms with Crippen molar-refractivity contribution in [3.63, 3.8) is 0 Å². The van der Waals surface area contributed by atoms with Crippen molar-refractivity contribution in [3.05, 3.63) is 28.8 Å². The molecule has 0 radical (unpaired) electrons. The molecule has 1 aromatic carbocycles. The summed E-state index contributed by atoms with van der Waals surface area (Å²) in [6.07, 6.45) is 6.18. The molecule has 1 aliphatic carbocycles. The average molecular weight is 309 g/mol. The van der Waals surface area contributed by atoms with Crippen LogP contribution in [-0.4, -0.2) is 18.6 Å². The van der Waals surface area contributed by atoms with E-state index in [0.29, 0.717) is 12.0 Å². The quantitative estimate of drug-likeness (QED) is 0.830. The van der Waals surface area contributed by atoms with Crippen LogP contribution in [0.2, 0.25) is 5.02 Å². The highest BCUT2D eigenvalue weighted by Gasteiger charge is 2.24. The molecule has 2 rings (SSSR count). The molecule has 118 valence electrons. The van der Waals surface area contributed by atoms with Crippen molar-refractivity contribution in [2.75, 3.05) is 11.4 Å². The van der Waals surface area contributed by atoms with Crippen LogP contribution < -0.4 is 10.6 Å². The first-order chi connectivity index (χ1) is 9.97. The molecule has 1 unspecified atom stereocenters. The fraction of sp³-hybridized carbons (Fsp3) is 0.667. The van der Waals surface area contributed by atoms with Crippen molar-refractivity contribution in [1.82, 2.24) is 0 Å². The van der Waals surface area contributed by atoms with Crippen molar-refractivity contribution in [3.8, 4) is 0 Å². The highest BCUT2D eigenvalue weighted by molar-refractivity contribution is 6.31. The molecule has 3 heteroatoms. The molecular formula is C18H29ClN2. The van der Waals surface area contributed by atoms with Gasteiger partial charge in [-0.15, -0.1) is 0 Å². The summed E-state index contributed by atoms with van der Waals surface area (Å²) in [6.45, 7) is 7.70. The second-order valence-electron chi connectivity index (χ2n) is 6.94. The Morgan fingerprint density at radius 2 is 1.90 bits per heavy atom. The molecule has 2 N–H and O–H groups in total. The van der Waals surface area contributed by atoms with Crippen LogP contribution in [0.25, 0.3) is 0 Å². The molecule has 0 amide bonds. The number of rotatable bonds is 6. The SMILES string of the molecule is CC(C)CN(c1ccc(CC(C)N)c(Cl)c1)C1CCCC1. The Bertz CT molecular complexity index is 451. The second kappa shape index (κ2) is 7.51. The van der Waals surface area contributed by atoms with E-state index >= 15 is 0 Å². The van der Waals surface area contributed by atoms with Gasteiger partial charge in [-0.1, -0.05) is 44.4 Å². The van der Waals surface area contributed by atoms with Crippen molar-refractivity contribution in [1.29, 1.82) is 0 Å². The van der Waals surface area contributed by atoms with Gasteiger partial charge in [-0.25, -0.2) is 0 Å². The molecule has 0 spiro atoms. The van der Waals surface area contributed by atoms with Crippen LogP contribution in [0.15, 0.2) is 18.2 Å². The highest BCUT2D eigenvalue weighted by Crippen LogP contribution is 2.31. The molecule has 0 aliphatic heterocycles. The van der Waals surface area contributed by atoms with Crippen LogP contribution in [0.3, 0.4) is 0 Å². The van der Waals surface area contributed by atoms with E-state index in [1.807, 2.05) is 6.92 Å². The molecule has 1 aromatic rings. The van der Waals surface area contributed by atoms with Gasteiger partial charge in [0, 0.05) is 29.3 Å². The minimum atomic E-state index is 0.148. The molecule has 1 fully saturated rings. The fourth-order valence-corrected chi connectivity index (χ4v) is 3.55. The standard InChI is InChI=1S/C18H29ClN2/c1-13(2)12-21(16-6-4-5-7-16)17-9-8-15(10-14(3)20)18(19)11-17/h8-9,11,13-14,16H,4-7,10,12,20H2,1-3H3. The van der Waals surface area contributed by atoms with E-state index in [1.165, 1.54) is 31.4 Å². The van der Waals surface area contributed by atoms with Crippen LogP contribution in [0.1, 0.15) is 52.0 Å². The van der Waals surface area contributed by atoms with Crippen molar-refractivity contribution < 1.29 is 0 Å². The Kier molecular flexibility index (Phi) is 5.95. The van der Waals surface area contributed by atoms with Gasteiger partial charge in [0.2, 0.25) is 0 Å². The monoisotopic (exact) mass is 308 g/mol. The third-order valence-electron chi connectivity index (χ3n) is 4.24. The summed E-state index contributed by atoms with van der Waals surface area (Å²) < 4.78 is 0. The number of hydrogen-bond donors (Lipinski definition) is 1. The highest BCUT2D eigenvalue weighted by atomic mass is 35.5. The average Bonchev–Trinajstić information content (AvgIpc) is 2.91. The van der Waals surface area contributed by atoms with Gasteiger partial charge in [-0.3, -0.25) is 0 Å². The Morgan fingerprint density at radius 1 is 1.24 bits per heavy atom. The summed E-state index contributed by atoms with van der Waals surface area (Å²) in [6, 6.07) is 7.35. The van der Waals surface area contributed by atoms with Gasteiger partial charge in [0.25, 0.3) is 0 Å². The van der Waals surface area contributed by atoms with E-state index in [1.54, 1.807) is 0 Å². The van der Waals surface area contributed by atoms with Gasteiger partial charge in [-0.05, 0) is 49.8 Å². The number of halogens is 1. The van der Waals surface area contributed by atoms with E-state index in [2.05, 4.69) is 36.9 Å². The van der Waals surface area contributed by atoms with Gasteiger partial charge in [-0.2, -0.15) is 0 Å². The number of benzene rings is 1. The van der Waals surface area contributed by atoms with E-state index in [4.69, 9.17) is 17.3 Å². The zero-order chi connectivity index (χ0) is 15.4. The molecule has 0 heterocycles. The van der Waals surface area contributed by atoms with Crippen LogP contribution in [0, 0.1) is 5.92 Å².